The molecule has 0 amide bonds. The largest absolute Gasteiger partial charge is 0.313 e. The Kier molecular flexibility index (Phi) is 5.14. The maximum atomic E-state index is 13.3. The van der Waals surface area contributed by atoms with Gasteiger partial charge in [0.25, 0.3) is 0 Å². The lowest BCUT2D eigenvalue weighted by molar-refractivity contribution is 0.441. The second-order valence-corrected chi connectivity index (χ2v) is 5.41. The first-order chi connectivity index (χ1) is 9.92. The molecule has 0 bridgehead atoms. The van der Waals surface area contributed by atoms with E-state index in [0.717, 1.165) is 17.7 Å². The minimum absolute atomic E-state index is 0.319. The fourth-order valence-corrected chi connectivity index (χ4v) is 2.39. The summed E-state index contributed by atoms with van der Waals surface area (Å²) in [4.78, 5) is 0. The minimum atomic E-state index is -1.47. The molecule has 0 saturated heterocycles. The van der Waals surface area contributed by atoms with Gasteiger partial charge in [0.15, 0.2) is 17.5 Å². The zero-order valence-corrected chi connectivity index (χ0v) is 12.6. The summed E-state index contributed by atoms with van der Waals surface area (Å²) in [5.41, 5.74) is 1.16. The van der Waals surface area contributed by atoms with Crippen LogP contribution in [0.5, 0.6) is 0 Å². The molecule has 0 spiro atoms. The number of nitrogens with one attached hydrogen (secondary N) is 1. The molecule has 1 nitrogen and oxygen atoms in total. The quantitative estimate of drug-likeness (QED) is 0.783. The molecule has 1 atom stereocenters. The van der Waals surface area contributed by atoms with Crippen LogP contribution in [0.3, 0.4) is 0 Å². The predicted octanol–water partition coefficient (Wildman–Crippen LogP) is 4.91. The number of halogens is 5. The standard InChI is InChI=1S/C15H12Cl2F3N/c1-21-14(5-8-2-3-10(16)11(17)4-8)9-6-12(18)15(20)13(19)7-9/h2-4,6-7,14,21H,5H2,1H3. The van der Waals surface area contributed by atoms with E-state index in [1.54, 1.807) is 25.2 Å². The van der Waals surface area contributed by atoms with Crippen LogP contribution in [0.2, 0.25) is 10.0 Å². The Balaban J connectivity index is 2.29. The average Bonchev–Trinajstić information content (AvgIpc) is 2.45. The SMILES string of the molecule is CNC(Cc1ccc(Cl)c(Cl)c1)c1cc(F)c(F)c(F)c1. The second kappa shape index (κ2) is 6.69. The Bertz CT molecular complexity index is 638. The molecule has 0 saturated carbocycles. The molecule has 21 heavy (non-hydrogen) atoms. The topological polar surface area (TPSA) is 12.0 Å². The number of likely N-dealkylation sites (N-methyl/N-ethyl adjacent to an activating group) is 1. The van der Waals surface area contributed by atoms with Gasteiger partial charge in [-0.15, -0.1) is 0 Å². The van der Waals surface area contributed by atoms with Gasteiger partial charge in [-0.2, -0.15) is 0 Å². The highest BCUT2D eigenvalue weighted by Gasteiger charge is 2.17. The molecule has 2 aromatic carbocycles. The maximum absolute atomic E-state index is 13.3. The molecule has 0 aliphatic carbocycles. The van der Waals surface area contributed by atoms with Crippen molar-refractivity contribution in [3.63, 3.8) is 0 Å². The lowest BCUT2D eigenvalue weighted by Crippen LogP contribution is -2.19. The Hall–Kier alpha value is -1.23. The number of rotatable bonds is 4. The number of hydrogen-bond donors (Lipinski definition) is 1. The Morgan fingerprint density at radius 2 is 1.62 bits per heavy atom. The summed E-state index contributed by atoms with van der Waals surface area (Å²) >= 11 is 11.8. The average molecular weight is 334 g/mol. The van der Waals surface area contributed by atoms with Gasteiger partial charge in [0.05, 0.1) is 10.0 Å². The van der Waals surface area contributed by atoms with Crippen molar-refractivity contribution in [1.82, 2.24) is 5.32 Å². The van der Waals surface area contributed by atoms with Gasteiger partial charge >= 0.3 is 0 Å². The molecule has 1 unspecified atom stereocenters. The van der Waals surface area contributed by atoms with E-state index >= 15 is 0 Å². The highest BCUT2D eigenvalue weighted by atomic mass is 35.5. The van der Waals surface area contributed by atoms with E-state index in [0.29, 0.717) is 22.0 Å². The van der Waals surface area contributed by atoms with Gasteiger partial charge in [0.2, 0.25) is 0 Å². The van der Waals surface area contributed by atoms with E-state index in [2.05, 4.69) is 5.32 Å². The Morgan fingerprint density at radius 1 is 1.00 bits per heavy atom. The predicted molar refractivity (Wildman–Crippen MR) is 78.3 cm³/mol. The summed E-state index contributed by atoms with van der Waals surface area (Å²) in [5.74, 6) is -3.89. The van der Waals surface area contributed by atoms with Crippen molar-refractivity contribution in [3.05, 3.63) is 69.0 Å². The monoisotopic (exact) mass is 333 g/mol. The molecule has 0 radical (unpaired) electrons. The van der Waals surface area contributed by atoms with Crippen molar-refractivity contribution in [1.29, 1.82) is 0 Å². The lowest BCUT2D eigenvalue weighted by atomic mass is 9.98. The summed E-state index contributed by atoms with van der Waals surface area (Å²) in [6.45, 7) is 0. The normalized spacial score (nSPS) is 12.5. The van der Waals surface area contributed by atoms with Gasteiger partial charge in [-0.3, -0.25) is 0 Å². The second-order valence-electron chi connectivity index (χ2n) is 4.59. The molecule has 112 valence electrons. The molecule has 0 aliphatic rings. The number of hydrogen-bond acceptors (Lipinski definition) is 1. The molecular weight excluding hydrogens is 322 g/mol. The summed E-state index contributed by atoms with van der Waals surface area (Å²) in [6.07, 6.45) is 0.428. The minimum Gasteiger partial charge on any atom is -0.313 e. The van der Waals surface area contributed by atoms with Crippen LogP contribution in [0, 0.1) is 17.5 Å². The van der Waals surface area contributed by atoms with E-state index < -0.39 is 17.5 Å². The lowest BCUT2D eigenvalue weighted by Gasteiger charge is -2.17. The van der Waals surface area contributed by atoms with Crippen LogP contribution in [0.4, 0.5) is 13.2 Å². The van der Waals surface area contributed by atoms with Gasteiger partial charge in [-0.25, -0.2) is 13.2 Å². The summed E-state index contributed by atoms with van der Waals surface area (Å²) in [7, 11) is 1.65. The zero-order chi connectivity index (χ0) is 15.6. The van der Waals surface area contributed by atoms with Gasteiger partial charge in [-0.1, -0.05) is 29.3 Å². The van der Waals surface area contributed by atoms with Crippen molar-refractivity contribution in [2.75, 3.05) is 7.05 Å². The van der Waals surface area contributed by atoms with Crippen LogP contribution in [0.15, 0.2) is 30.3 Å². The molecule has 0 aliphatic heterocycles. The third-order valence-corrected chi connectivity index (χ3v) is 3.92. The third kappa shape index (κ3) is 3.70. The van der Waals surface area contributed by atoms with E-state index in [1.165, 1.54) is 0 Å². The maximum Gasteiger partial charge on any atom is 0.194 e. The van der Waals surface area contributed by atoms with Crippen LogP contribution in [-0.2, 0) is 6.42 Å². The van der Waals surface area contributed by atoms with Crippen molar-refractivity contribution in [2.24, 2.45) is 0 Å². The van der Waals surface area contributed by atoms with Crippen molar-refractivity contribution in [2.45, 2.75) is 12.5 Å². The van der Waals surface area contributed by atoms with Crippen molar-refractivity contribution < 1.29 is 13.2 Å². The van der Waals surface area contributed by atoms with Crippen LogP contribution < -0.4 is 5.32 Å². The van der Waals surface area contributed by atoms with Crippen molar-refractivity contribution in [3.8, 4) is 0 Å². The zero-order valence-electron chi connectivity index (χ0n) is 11.1. The molecule has 0 heterocycles. The van der Waals surface area contributed by atoms with E-state index in [-0.39, 0.29) is 6.04 Å². The van der Waals surface area contributed by atoms with E-state index in [1.807, 2.05) is 0 Å². The van der Waals surface area contributed by atoms with Gasteiger partial charge in [0, 0.05) is 6.04 Å². The molecule has 0 fully saturated rings. The fourth-order valence-electron chi connectivity index (χ4n) is 2.07. The molecule has 6 heteroatoms. The van der Waals surface area contributed by atoms with E-state index in [9.17, 15) is 13.2 Å². The van der Waals surface area contributed by atoms with E-state index in [4.69, 9.17) is 23.2 Å². The first kappa shape index (κ1) is 16.1. The molecule has 0 aromatic heterocycles. The fraction of sp³-hybridized carbons (Fsp3) is 0.200. The van der Waals surface area contributed by atoms with Gasteiger partial charge in [0.1, 0.15) is 0 Å². The van der Waals surface area contributed by atoms with Gasteiger partial charge in [-0.05, 0) is 48.9 Å². The molecule has 1 N–H and O–H groups in total. The number of benzene rings is 2. The molecule has 2 rings (SSSR count). The van der Waals surface area contributed by atoms with Gasteiger partial charge < -0.3 is 5.32 Å². The summed E-state index contributed by atoms with van der Waals surface area (Å²) in [5, 5.41) is 3.78. The Labute approximate surface area is 130 Å². The van der Waals surface area contributed by atoms with Crippen LogP contribution in [0.25, 0.3) is 0 Å². The Morgan fingerprint density at radius 3 is 2.14 bits per heavy atom. The van der Waals surface area contributed by atoms with Crippen LogP contribution >= 0.6 is 23.2 Å². The highest BCUT2D eigenvalue weighted by molar-refractivity contribution is 6.42. The summed E-state index contributed by atoms with van der Waals surface area (Å²) < 4.78 is 39.6. The first-order valence-corrected chi connectivity index (χ1v) is 6.93. The van der Waals surface area contributed by atoms with Crippen molar-refractivity contribution >= 4 is 23.2 Å². The van der Waals surface area contributed by atoms with Crippen LogP contribution in [-0.4, -0.2) is 7.05 Å². The summed E-state index contributed by atoms with van der Waals surface area (Å²) in [6, 6.07) is 6.69. The molecule has 2 aromatic rings. The third-order valence-electron chi connectivity index (χ3n) is 3.18. The smallest absolute Gasteiger partial charge is 0.194 e. The highest BCUT2D eigenvalue weighted by Crippen LogP contribution is 2.26. The van der Waals surface area contributed by atoms with Crippen LogP contribution in [0.1, 0.15) is 17.2 Å². The molecular formula is C15H12Cl2F3N. The first-order valence-electron chi connectivity index (χ1n) is 6.18.